The smallest absolute Gasteiger partial charge is 0.270 e. The molecule has 0 unspecified atom stereocenters. The molecule has 2 aromatic rings. The van der Waals surface area contributed by atoms with Crippen molar-refractivity contribution in [2.75, 3.05) is 16.3 Å². The van der Waals surface area contributed by atoms with Gasteiger partial charge in [-0.05, 0) is 100 Å². The van der Waals surface area contributed by atoms with Crippen molar-refractivity contribution >= 4 is 52.2 Å². The van der Waals surface area contributed by atoms with Gasteiger partial charge >= 0.3 is 0 Å². The predicted molar refractivity (Wildman–Crippen MR) is 144 cm³/mol. The van der Waals surface area contributed by atoms with Crippen molar-refractivity contribution < 1.29 is 14.0 Å². The lowest BCUT2D eigenvalue weighted by atomic mass is 9.87. The number of carbonyl (C=O) groups is 2. The van der Waals surface area contributed by atoms with Gasteiger partial charge in [-0.3, -0.25) is 19.8 Å². The number of aryl methyl sites for hydroxylation is 2. The summed E-state index contributed by atoms with van der Waals surface area (Å²) in [5.74, 6) is -1.72. The van der Waals surface area contributed by atoms with Crippen LogP contribution < -0.4 is 15.1 Å². The molecule has 182 valence electrons. The first kappa shape index (κ1) is 24.8. The molecular weight excluding hydrogens is 461 g/mol. The van der Waals surface area contributed by atoms with Crippen molar-refractivity contribution in [3.05, 3.63) is 70.1 Å². The van der Waals surface area contributed by atoms with Gasteiger partial charge in [-0.15, -0.1) is 0 Å². The van der Waals surface area contributed by atoms with Crippen molar-refractivity contribution in [1.29, 1.82) is 0 Å². The summed E-state index contributed by atoms with van der Waals surface area (Å²) >= 11 is 5.30. The lowest BCUT2D eigenvalue weighted by Gasteiger charge is -2.43. The SMILES string of the molecule is CCCN1c2cc(F)c(/C=C3/C(=O)NC(=S)N(c4ccc(C)c(C)c4)C3=O)cc2C(C)=CC1(C)C. The van der Waals surface area contributed by atoms with Crippen LogP contribution in [0.5, 0.6) is 0 Å². The Kier molecular flexibility index (Phi) is 6.40. The molecule has 2 heterocycles. The van der Waals surface area contributed by atoms with Gasteiger partial charge in [-0.2, -0.15) is 0 Å². The number of hydrogen-bond acceptors (Lipinski definition) is 4. The molecule has 1 fully saturated rings. The maximum Gasteiger partial charge on any atom is 0.270 e. The molecule has 1 saturated heterocycles. The summed E-state index contributed by atoms with van der Waals surface area (Å²) in [5, 5.41) is 2.58. The highest BCUT2D eigenvalue weighted by atomic mass is 32.1. The van der Waals surface area contributed by atoms with Gasteiger partial charge in [0.15, 0.2) is 5.11 Å². The standard InChI is InChI=1S/C28H30FN3O2S/c1-7-10-31-24-14-23(29)19(12-21(24)18(4)15-28(31,5)6)13-22-25(33)30-27(35)32(26(22)34)20-9-8-16(2)17(3)11-20/h8-9,11-15H,7,10H2,1-6H3,(H,30,33,35)/b22-13-. The Hall–Kier alpha value is -3.32. The van der Waals surface area contributed by atoms with Crippen LogP contribution in [0, 0.1) is 19.7 Å². The number of amides is 2. The fourth-order valence-corrected chi connectivity index (χ4v) is 5.05. The van der Waals surface area contributed by atoms with Crippen molar-refractivity contribution in [2.24, 2.45) is 0 Å². The van der Waals surface area contributed by atoms with Gasteiger partial charge in [0, 0.05) is 23.4 Å². The number of thiocarbonyl (C=S) groups is 1. The van der Waals surface area contributed by atoms with Crippen molar-refractivity contribution in [3.63, 3.8) is 0 Å². The Morgan fingerprint density at radius 3 is 2.46 bits per heavy atom. The molecule has 2 aliphatic rings. The lowest BCUT2D eigenvalue weighted by molar-refractivity contribution is -0.122. The second-order valence-corrected chi connectivity index (χ2v) is 10.1. The molecule has 5 nitrogen and oxygen atoms in total. The molecule has 2 amide bonds. The normalized spacial score (nSPS) is 18.5. The molecule has 0 saturated carbocycles. The molecule has 35 heavy (non-hydrogen) atoms. The molecule has 0 aliphatic carbocycles. The average molecular weight is 492 g/mol. The number of halogens is 1. The Balaban J connectivity index is 1.79. The van der Waals surface area contributed by atoms with E-state index in [0.717, 1.165) is 40.9 Å². The van der Waals surface area contributed by atoms with Crippen LogP contribution in [-0.2, 0) is 9.59 Å². The van der Waals surface area contributed by atoms with Crippen molar-refractivity contribution in [3.8, 4) is 0 Å². The molecular formula is C28H30FN3O2S. The van der Waals surface area contributed by atoms with E-state index in [2.05, 4.69) is 37.1 Å². The maximum absolute atomic E-state index is 15.4. The minimum Gasteiger partial charge on any atom is -0.362 e. The number of benzene rings is 2. The highest BCUT2D eigenvalue weighted by molar-refractivity contribution is 7.80. The highest BCUT2D eigenvalue weighted by Crippen LogP contribution is 2.40. The van der Waals surface area contributed by atoms with Gasteiger partial charge in [0.25, 0.3) is 11.8 Å². The number of carbonyl (C=O) groups excluding carboxylic acids is 2. The Morgan fingerprint density at radius 2 is 1.80 bits per heavy atom. The molecule has 0 aromatic heterocycles. The summed E-state index contributed by atoms with van der Waals surface area (Å²) < 4.78 is 15.4. The first-order chi connectivity index (χ1) is 16.4. The molecule has 0 spiro atoms. The number of nitrogens with one attached hydrogen (secondary N) is 1. The largest absolute Gasteiger partial charge is 0.362 e. The molecule has 2 aliphatic heterocycles. The molecule has 0 radical (unpaired) electrons. The quantitative estimate of drug-likeness (QED) is 0.339. The summed E-state index contributed by atoms with van der Waals surface area (Å²) in [6.07, 6.45) is 4.41. The van der Waals surface area contributed by atoms with Gasteiger partial charge in [0.1, 0.15) is 11.4 Å². The first-order valence-electron chi connectivity index (χ1n) is 11.7. The third kappa shape index (κ3) is 4.41. The fraction of sp³-hybridized carbons (Fsp3) is 0.321. The third-order valence-corrected chi connectivity index (χ3v) is 6.98. The van der Waals surface area contributed by atoms with Crippen LogP contribution in [0.4, 0.5) is 15.8 Å². The van der Waals surface area contributed by atoms with E-state index in [0.29, 0.717) is 5.69 Å². The second kappa shape index (κ2) is 9.04. The van der Waals surface area contributed by atoms with Crippen LogP contribution in [0.25, 0.3) is 11.6 Å². The van der Waals surface area contributed by atoms with E-state index < -0.39 is 17.6 Å². The molecule has 2 aromatic carbocycles. The van der Waals surface area contributed by atoms with E-state index in [9.17, 15) is 9.59 Å². The predicted octanol–water partition coefficient (Wildman–Crippen LogP) is 5.69. The van der Waals surface area contributed by atoms with Crippen molar-refractivity contribution in [1.82, 2.24) is 5.32 Å². The zero-order valence-electron chi connectivity index (χ0n) is 21.0. The van der Waals surface area contributed by atoms with Gasteiger partial charge in [0.05, 0.1) is 11.2 Å². The topological polar surface area (TPSA) is 52.7 Å². The van der Waals surface area contributed by atoms with Gasteiger partial charge in [-0.25, -0.2) is 4.39 Å². The zero-order valence-corrected chi connectivity index (χ0v) is 21.8. The van der Waals surface area contributed by atoms with E-state index in [1.165, 1.54) is 17.0 Å². The summed E-state index contributed by atoms with van der Waals surface area (Å²) in [4.78, 5) is 29.6. The van der Waals surface area contributed by atoms with Crippen LogP contribution >= 0.6 is 12.2 Å². The van der Waals surface area contributed by atoms with Crippen LogP contribution in [0.2, 0.25) is 0 Å². The number of rotatable bonds is 4. The first-order valence-corrected chi connectivity index (χ1v) is 12.1. The molecule has 0 atom stereocenters. The zero-order chi connectivity index (χ0) is 25.7. The molecule has 1 N–H and O–H groups in total. The van der Waals surface area contributed by atoms with Crippen LogP contribution in [0.1, 0.15) is 56.4 Å². The van der Waals surface area contributed by atoms with Gasteiger partial charge < -0.3 is 4.90 Å². The van der Waals surface area contributed by atoms with E-state index >= 15 is 4.39 Å². The van der Waals surface area contributed by atoms with E-state index in [1.54, 1.807) is 12.1 Å². The number of hydrogen-bond donors (Lipinski definition) is 1. The van der Waals surface area contributed by atoms with E-state index in [-0.39, 0.29) is 21.8 Å². The van der Waals surface area contributed by atoms with Gasteiger partial charge in [-0.1, -0.05) is 19.1 Å². The Morgan fingerprint density at radius 1 is 1.09 bits per heavy atom. The number of anilines is 2. The summed E-state index contributed by atoms with van der Waals surface area (Å²) in [6.45, 7) is 13.0. The average Bonchev–Trinajstić information content (AvgIpc) is 2.76. The lowest BCUT2D eigenvalue weighted by Crippen LogP contribution is -2.54. The number of nitrogens with zero attached hydrogens (tertiary/aromatic N) is 2. The van der Waals surface area contributed by atoms with E-state index in [4.69, 9.17) is 12.2 Å². The monoisotopic (exact) mass is 491 g/mol. The third-order valence-electron chi connectivity index (χ3n) is 6.69. The summed E-state index contributed by atoms with van der Waals surface area (Å²) in [5.41, 5.74) is 5.10. The molecule has 0 bridgehead atoms. The minimum absolute atomic E-state index is 0.00234. The Bertz CT molecular complexity index is 1330. The van der Waals surface area contributed by atoms with Gasteiger partial charge in [0.2, 0.25) is 0 Å². The second-order valence-electron chi connectivity index (χ2n) is 9.75. The maximum atomic E-state index is 15.4. The van der Waals surface area contributed by atoms with E-state index in [1.807, 2.05) is 32.9 Å². The minimum atomic E-state index is -0.641. The van der Waals surface area contributed by atoms with Crippen LogP contribution in [0.3, 0.4) is 0 Å². The molecule has 4 rings (SSSR count). The number of fused-ring (bicyclic) bond motifs is 1. The summed E-state index contributed by atoms with van der Waals surface area (Å²) in [6, 6.07) is 8.73. The highest BCUT2D eigenvalue weighted by Gasteiger charge is 2.36. The van der Waals surface area contributed by atoms with Crippen molar-refractivity contribution in [2.45, 2.75) is 53.5 Å². The number of allylic oxidation sites excluding steroid dienone is 1. The van der Waals surface area contributed by atoms with Crippen LogP contribution in [-0.4, -0.2) is 29.0 Å². The Labute approximate surface area is 211 Å². The summed E-state index contributed by atoms with van der Waals surface area (Å²) in [7, 11) is 0. The fourth-order valence-electron chi connectivity index (χ4n) is 4.77. The molecule has 7 heteroatoms. The van der Waals surface area contributed by atoms with Crippen LogP contribution in [0.15, 0.2) is 42.0 Å².